The Hall–Kier alpha value is -2.89. The quantitative estimate of drug-likeness (QED) is 0.804. The number of rotatable bonds is 5. The van der Waals surface area contributed by atoms with Gasteiger partial charge in [-0.2, -0.15) is 0 Å². The molecule has 152 valence electrons. The smallest absolute Gasteiger partial charge is 0.322 e. The highest BCUT2D eigenvalue weighted by atomic mass is 16.6. The molecule has 1 atom stereocenters. The Morgan fingerprint density at radius 1 is 1.03 bits per heavy atom. The molecule has 1 saturated carbocycles. The van der Waals surface area contributed by atoms with Gasteiger partial charge < -0.3 is 24.4 Å². The molecule has 0 aromatic heterocycles. The summed E-state index contributed by atoms with van der Waals surface area (Å²) in [5.74, 6) is 3.12. The number of nitrogens with one attached hydrogen (secondary N) is 1. The maximum atomic E-state index is 12.9. The zero-order valence-electron chi connectivity index (χ0n) is 16.4. The predicted octanol–water partition coefficient (Wildman–Crippen LogP) is 4.62. The second-order valence-corrected chi connectivity index (χ2v) is 7.96. The highest BCUT2D eigenvalue weighted by molar-refractivity contribution is 5.89. The summed E-state index contributed by atoms with van der Waals surface area (Å²) in [6, 6.07) is 13.6. The van der Waals surface area contributed by atoms with E-state index in [1.807, 2.05) is 47.4 Å². The Morgan fingerprint density at radius 2 is 1.83 bits per heavy atom. The minimum absolute atomic E-state index is 0.0481. The molecule has 1 saturated heterocycles. The fraction of sp³-hybridized carbons (Fsp3) is 0.435. The number of nitrogens with zero attached hydrogens (tertiary/aromatic N) is 1. The zero-order valence-corrected chi connectivity index (χ0v) is 16.4. The van der Waals surface area contributed by atoms with Gasteiger partial charge in [-0.3, -0.25) is 0 Å². The normalized spacial score (nSPS) is 20.4. The van der Waals surface area contributed by atoms with E-state index >= 15 is 0 Å². The van der Waals surface area contributed by atoms with Gasteiger partial charge in [0.1, 0.15) is 19.0 Å². The van der Waals surface area contributed by atoms with Crippen molar-refractivity contribution in [3.63, 3.8) is 0 Å². The molecule has 1 aliphatic carbocycles. The lowest BCUT2D eigenvalue weighted by Crippen LogP contribution is -2.34. The maximum Gasteiger partial charge on any atom is 0.322 e. The number of ether oxygens (including phenoxy) is 3. The Kier molecular flexibility index (Phi) is 4.92. The van der Waals surface area contributed by atoms with Crippen LogP contribution in [-0.2, 0) is 0 Å². The molecule has 2 aromatic rings. The Labute approximate surface area is 170 Å². The van der Waals surface area contributed by atoms with Crippen molar-refractivity contribution in [3.8, 4) is 17.2 Å². The Bertz CT molecular complexity index is 879. The molecule has 1 N–H and O–H groups in total. The van der Waals surface area contributed by atoms with E-state index < -0.39 is 0 Å². The van der Waals surface area contributed by atoms with E-state index in [2.05, 4.69) is 5.32 Å². The zero-order chi connectivity index (χ0) is 19.6. The first kappa shape index (κ1) is 18.2. The Balaban J connectivity index is 1.24. The summed E-state index contributed by atoms with van der Waals surface area (Å²) in [7, 11) is 0. The number of amides is 2. The monoisotopic (exact) mass is 394 g/mol. The van der Waals surface area contributed by atoms with Crippen molar-refractivity contribution in [1.82, 2.24) is 4.90 Å². The third-order valence-electron chi connectivity index (χ3n) is 5.75. The molecule has 2 fully saturated rings. The van der Waals surface area contributed by atoms with Gasteiger partial charge in [-0.15, -0.1) is 0 Å². The van der Waals surface area contributed by atoms with Crippen LogP contribution in [0.4, 0.5) is 10.5 Å². The van der Waals surface area contributed by atoms with Gasteiger partial charge in [0.05, 0.1) is 12.6 Å². The maximum absolute atomic E-state index is 12.9. The number of anilines is 1. The van der Waals surface area contributed by atoms with Gasteiger partial charge in [-0.25, -0.2) is 4.79 Å². The van der Waals surface area contributed by atoms with Crippen molar-refractivity contribution >= 4 is 11.7 Å². The molecule has 2 aliphatic heterocycles. The van der Waals surface area contributed by atoms with Gasteiger partial charge in [-0.1, -0.05) is 6.07 Å². The summed E-state index contributed by atoms with van der Waals surface area (Å²) >= 11 is 0. The summed E-state index contributed by atoms with van der Waals surface area (Å²) in [5, 5.41) is 3.03. The minimum atomic E-state index is -0.0750. The van der Waals surface area contributed by atoms with Crippen LogP contribution in [-0.4, -0.2) is 37.3 Å². The number of likely N-dealkylation sites (tertiary alicyclic amines) is 1. The fourth-order valence-electron chi connectivity index (χ4n) is 3.95. The van der Waals surface area contributed by atoms with Gasteiger partial charge in [0.2, 0.25) is 0 Å². The standard InChI is InChI=1S/C23H26N2O4/c26-23(24-18-6-8-19(9-7-18)29-15-16-3-4-16)25-11-1-2-20(25)17-5-10-21-22(14-17)28-13-12-27-21/h5-10,14,16,20H,1-4,11-13,15H2,(H,24,26)/t20-/m0/s1. The molecular formula is C23H26N2O4. The first-order valence-electron chi connectivity index (χ1n) is 10.5. The summed E-state index contributed by atoms with van der Waals surface area (Å²) in [5.41, 5.74) is 1.87. The van der Waals surface area contributed by atoms with Crippen molar-refractivity contribution < 1.29 is 19.0 Å². The van der Waals surface area contributed by atoms with Gasteiger partial charge in [0.15, 0.2) is 11.5 Å². The number of carbonyl (C=O) groups excluding carboxylic acids is 1. The van der Waals surface area contributed by atoms with E-state index in [9.17, 15) is 4.79 Å². The van der Waals surface area contributed by atoms with Crippen molar-refractivity contribution in [1.29, 1.82) is 0 Å². The first-order chi connectivity index (χ1) is 14.3. The average molecular weight is 394 g/mol. The van der Waals surface area contributed by atoms with Crippen LogP contribution in [0, 0.1) is 5.92 Å². The van der Waals surface area contributed by atoms with Crippen LogP contribution < -0.4 is 19.5 Å². The van der Waals surface area contributed by atoms with E-state index in [0.29, 0.717) is 13.2 Å². The fourth-order valence-corrected chi connectivity index (χ4v) is 3.95. The van der Waals surface area contributed by atoms with Crippen molar-refractivity contribution in [3.05, 3.63) is 48.0 Å². The van der Waals surface area contributed by atoms with Crippen LogP contribution in [0.2, 0.25) is 0 Å². The van der Waals surface area contributed by atoms with Crippen molar-refractivity contribution in [2.45, 2.75) is 31.7 Å². The van der Waals surface area contributed by atoms with E-state index in [4.69, 9.17) is 14.2 Å². The summed E-state index contributed by atoms with van der Waals surface area (Å²) in [4.78, 5) is 14.8. The van der Waals surface area contributed by atoms with Crippen LogP contribution in [0.3, 0.4) is 0 Å². The lowest BCUT2D eigenvalue weighted by molar-refractivity contribution is 0.170. The van der Waals surface area contributed by atoms with Gasteiger partial charge in [-0.05, 0) is 73.6 Å². The van der Waals surface area contributed by atoms with Crippen LogP contribution >= 0.6 is 0 Å². The highest BCUT2D eigenvalue weighted by Gasteiger charge is 2.31. The third kappa shape index (κ3) is 4.11. The van der Waals surface area contributed by atoms with E-state index in [0.717, 1.165) is 60.4 Å². The Morgan fingerprint density at radius 3 is 2.62 bits per heavy atom. The molecule has 5 rings (SSSR count). The predicted molar refractivity (Wildman–Crippen MR) is 110 cm³/mol. The molecule has 3 aliphatic rings. The van der Waals surface area contributed by atoms with E-state index in [1.165, 1.54) is 12.8 Å². The van der Waals surface area contributed by atoms with Crippen LogP contribution in [0.25, 0.3) is 0 Å². The number of hydrogen-bond acceptors (Lipinski definition) is 4. The van der Waals surface area contributed by atoms with Crippen LogP contribution in [0.5, 0.6) is 17.2 Å². The number of urea groups is 1. The molecule has 0 radical (unpaired) electrons. The molecule has 0 spiro atoms. The highest BCUT2D eigenvalue weighted by Crippen LogP contribution is 2.38. The topological polar surface area (TPSA) is 60.0 Å². The van der Waals surface area contributed by atoms with Crippen molar-refractivity contribution in [2.75, 3.05) is 31.7 Å². The van der Waals surface area contributed by atoms with Crippen molar-refractivity contribution in [2.24, 2.45) is 5.92 Å². The third-order valence-corrected chi connectivity index (χ3v) is 5.75. The number of fused-ring (bicyclic) bond motifs is 1. The molecule has 2 heterocycles. The average Bonchev–Trinajstić information content (AvgIpc) is 3.46. The molecule has 6 heteroatoms. The number of carbonyl (C=O) groups is 1. The van der Waals surface area contributed by atoms with Crippen LogP contribution in [0.15, 0.2) is 42.5 Å². The molecule has 0 unspecified atom stereocenters. The summed E-state index contributed by atoms with van der Waals surface area (Å²) in [6.45, 7) is 2.67. The number of hydrogen-bond donors (Lipinski definition) is 1. The lowest BCUT2D eigenvalue weighted by Gasteiger charge is -2.27. The molecule has 2 aromatic carbocycles. The minimum Gasteiger partial charge on any atom is -0.493 e. The molecule has 29 heavy (non-hydrogen) atoms. The van der Waals surface area contributed by atoms with E-state index in [1.54, 1.807) is 0 Å². The van der Waals surface area contributed by atoms with Crippen LogP contribution in [0.1, 0.15) is 37.3 Å². The van der Waals surface area contributed by atoms with Gasteiger partial charge >= 0.3 is 6.03 Å². The first-order valence-corrected chi connectivity index (χ1v) is 10.5. The largest absolute Gasteiger partial charge is 0.493 e. The van der Waals surface area contributed by atoms with E-state index in [-0.39, 0.29) is 12.1 Å². The summed E-state index contributed by atoms with van der Waals surface area (Å²) < 4.78 is 17.1. The second kappa shape index (κ2) is 7.85. The lowest BCUT2D eigenvalue weighted by atomic mass is 10.0. The SMILES string of the molecule is O=C(Nc1ccc(OCC2CC2)cc1)N1CCC[C@H]1c1ccc2c(c1)OCCO2. The van der Waals surface area contributed by atoms with Gasteiger partial charge in [0, 0.05) is 12.2 Å². The molecule has 6 nitrogen and oxygen atoms in total. The number of benzene rings is 2. The molecular weight excluding hydrogens is 368 g/mol. The summed E-state index contributed by atoms with van der Waals surface area (Å²) in [6.07, 6.45) is 4.48. The molecule has 2 amide bonds. The van der Waals surface area contributed by atoms with Gasteiger partial charge in [0.25, 0.3) is 0 Å². The second-order valence-electron chi connectivity index (χ2n) is 7.96. The molecule has 0 bridgehead atoms.